The number of rotatable bonds is 5. The van der Waals surface area contributed by atoms with Gasteiger partial charge in [-0.3, -0.25) is 9.78 Å². The number of nitrogens with zero attached hydrogens (tertiary/aromatic N) is 2. The second-order valence-electron chi connectivity index (χ2n) is 6.42. The van der Waals surface area contributed by atoms with Crippen molar-refractivity contribution in [2.24, 2.45) is 5.92 Å². The van der Waals surface area contributed by atoms with Crippen molar-refractivity contribution in [1.82, 2.24) is 9.88 Å². The quantitative estimate of drug-likeness (QED) is 0.847. The molecule has 0 spiro atoms. The number of hydrogen-bond acceptors (Lipinski definition) is 3. The molecule has 1 fully saturated rings. The molecule has 2 atom stereocenters. The molecule has 3 rings (SSSR count). The molecule has 1 aromatic carbocycles. The van der Waals surface area contributed by atoms with E-state index >= 15 is 0 Å². The predicted octanol–water partition coefficient (Wildman–Crippen LogP) is 3.34. The summed E-state index contributed by atoms with van der Waals surface area (Å²) in [4.78, 5) is 19.5. The van der Waals surface area contributed by atoms with Gasteiger partial charge < -0.3 is 9.64 Å². The summed E-state index contributed by atoms with van der Waals surface area (Å²) in [7, 11) is 0. The van der Waals surface area contributed by atoms with Crippen LogP contribution >= 0.6 is 0 Å². The minimum Gasteiger partial charge on any atom is -0.378 e. The van der Waals surface area contributed by atoms with Gasteiger partial charge in [0.05, 0.1) is 24.3 Å². The van der Waals surface area contributed by atoms with Gasteiger partial charge in [0.1, 0.15) is 0 Å². The first-order valence-electron chi connectivity index (χ1n) is 8.50. The number of benzene rings is 1. The smallest absolute Gasteiger partial charge is 0.229 e. The van der Waals surface area contributed by atoms with E-state index in [0.717, 1.165) is 23.4 Å². The highest BCUT2D eigenvalue weighted by Crippen LogP contribution is 2.24. The van der Waals surface area contributed by atoms with E-state index in [9.17, 15) is 4.79 Å². The Kier molecular flexibility index (Phi) is 5.26. The zero-order valence-corrected chi connectivity index (χ0v) is 14.3. The van der Waals surface area contributed by atoms with Crippen LogP contribution in [-0.4, -0.2) is 28.5 Å². The predicted molar refractivity (Wildman–Crippen MR) is 93.2 cm³/mol. The van der Waals surface area contributed by atoms with E-state index in [-0.39, 0.29) is 17.9 Å². The third kappa shape index (κ3) is 4.01. The molecule has 0 bridgehead atoms. The zero-order chi connectivity index (χ0) is 16.9. The molecule has 0 N–H and O–H groups in total. The molecule has 126 valence electrons. The van der Waals surface area contributed by atoms with Gasteiger partial charge in [-0.25, -0.2) is 0 Å². The summed E-state index contributed by atoms with van der Waals surface area (Å²) < 4.78 is 5.59. The van der Waals surface area contributed by atoms with Gasteiger partial charge in [-0.2, -0.15) is 0 Å². The molecule has 1 aromatic heterocycles. The molecule has 0 unspecified atom stereocenters. The van der Waals surface area contributed by atoms with Gasteiger partial charge >= 0.3 is 0 Å². The van der Waals surface area contributed by atoms with Crippen molar-refractivity contribution < 1.29 is 9.53 Å². The molecular formula is C20H24N2O2. The van der Waals surface area contributed by atoms with Crippen LogP contribution in [0.5, 0.6) is 0 Å². The van der Waals surface area contributed by atoms with E-state index in [1.165, 1.54) is 0 Å². The van der Waals surface area contributed by atoms with Crippen LogP contribution in [0.15, 0.2) is 48.5 Å². The third-order valence-electron chi connectivity index (χ3n) is 4.52. The molecule has 4 nitrogen and oxygen atoms in total. The van der Waals surface area contributed by atoms with E-state index in [2.05, 4.69) is 17.1 Å². The van der Waals surface area contributed by atoms with Crippen molar-refractivity contribution in [3.63, 3.8) is 0 Å². The summed E-state index contributed by atoms with van der Waals surface area (Å²) in [6.45, 7) is 5.75. The van der Waals surface area contributed by atoms with Crippen molar-refractivity contribution in [3.8, 4) is 0 Å². The maximum Gasteiger partial charge on any atom is 0.229 e. The van der Waals surface area contributed by atoms with Crippen molar-refractivity contribution >= 4 is 5.91 Å². The fourth-order valence-electron chi connectivity index (χ4n) is 3.19. The van der Waals surface area contributed by atoms with Crippen molar-refractivity contribution in [1.29, 1.82) is 0 Å². The van der Waals surface area contributed by atoms with E-state index < -0.39 is 0 Å². The lowest BCUT2D eigenvalue weighted by Gasteiger charge is -2.27. The summed E-state index contributed by atoms with van der Waals surface area (Å²) in [6, 6.07) is 16.0. The van der Waals surface area contributed by atoms with E-state index in [4.69, 9.17) is 4.74 Å². The average Bonchev–Trinajstić information content (AvgIpc) is 3.01. The Labute approximate surface area is 143 Å². The highest BCUT2D eigenvalue weighted by atomic mass is 16.5. The van der Waals surface area contributed by atoms with Gasteiger partial charge in [-0.1, -0.05) is 36.4 Å². The summed E-state index contributed by atoms with van der Waals surface area (Å²) in [5.41, 5.74) is 3.02. The van der Waals surface area contributed by atoms with Crippen molar-refractivity contribution in [3.05, 3.63) is 65.5 Å². The average molecular weight is 324 g/mol. The standard InChI is InChI=1S/C20H24N2O2/c1-15-7-6-10-18(21-15)14-22(13-17-8-4-3-5-9-17)20(23)19-11-12-24-16(19)2/h3-10,16,19H,11-14H2,1-2H3/t16-,19+/m0/s1. The first kappa shape index (κ1) is 16.7. The highest BCUT2D eigenvalue weighted by molar-refractivity contribution is 5.79. The maximum atomic E-state index is 13.1. The molecule has 0 saturated carbocycles. The fourth-order valence-corrected chi connectivity index (χ4v) is 3.19. The largest absolute Gasteiger partial charge is 0.378 e. The molecule has 2 heterocycles. The molecule has 2 aromatic rings. The van der Waals surface area contributed by atoms with Crippen LogP contribution in [0.25, 0.3) is 0 Å². The molecule has 0 aliphatic carbocycles. The Hall–Kier alpha value is -2.20. The van der Waals surface area contributed by atoms with E-state index in [1.54, 1.807) is 0 Å². The Morgan fingerprint density at radius 2 is 1.96 bits per heavy atom. The van der Waals surface area contributed by atoms with Crippen LogP contribution in [0.2, 0.25) is 0 Å². The van der Waals surface area contributed by atoms with E-state index in [1.807, 2.05) is 55.1 Å². The first-order valence-corrected chi connectivity index (χ1v) is 8.50. The van der Waals surface area contributed by atoms with E-state index in [0.29, 0.717) is 19.7 Å². The van der Waals surface area contributed by atoms with Gasteiger partial charge in [0.2, 0.25) is 5.91 Å². The Balaban J connectivity index is 1.81. The molecule has 0 radical (unpaired) electrons. The van der Waals surface area contributed by atoms with Crippen LogP contribution in [-0.2, 0) is 22.6 Å². The summed E-state index contributed by atoms with van der Waals surface area (Å²) in [5.74, 6) is 0.102. The Morgan fingerprint density at radius 3 is 2.62 bits per heavy atom. The summed E-state index contributed by atoms with van der Waals surface area (Å²) in [5, 5.41) is 0. The van der Waals surface area contributed by atoms with Gasteiger partial charge in [0.25, 0.3) is 0 Å². The summed E-state index contributed by atoms with van der Waals surface area (Å²) >= 11 is 0. The lowest BCUT2D eigenvalue weighted by atomic mass is 10.0. The molecule has 1 aliphatic heterocycles. The third-order valence-corrected chi connectivity index (χ3v) is 4.52. The number of aromatic nitrogens is 1. The maximum absolute atomic E-state index is 13.1. The number of ether oxygens (including phenoxy) is 1. The van der Waals surface area contributed by atoms with Crippen LogP contribution < -0.4 is 0 Å². The SMILES string of the molecule is Cc1cccc(CN(Cc2ccccc2)C(=O)[C@@H]2CCO[C@H]2C)n1. The Morgan fingerprint density at radius 1 is 1.17 bits per heavy atom. The lowest BCUT2D eigenvalue weighted by molar-refractivity contribution is -0.138. The lowest BCUT2D eigenvalue weighted by Crippen LogP contribution is -2.38. The number of carbonyl (C=O) groups is 1. The topological polar surface area (TPSA) is 42.4 Å². The number of aryl methyl sites for hydroxylation is 1. The minimum absolute atomic E-state index is 0.0127. The second kappa shape index (κ2) is 7.58. The second-order valence-corrected chi connectivity index (χ2v) is 6.42. The van der Waals surface area contributed by atoms with Crippen LogP contribution in [0.4, 0.5) is 0 Å². The normalized spacial score (nSPS) is 20.1. The van der Waals surface area contributed by atoms with Crippen LogP contribution in [0.3, 0.4) is 0 Å². The van der Waals surface area contributed by atoms with Gasteiger partial charge in [-0.15, -0.1) is 0 Å². The molecule has 4 heteroatoms. The number of amides is 1. The van der Waals surface area contributed by atoms with Crippen LogP contribution in [0.1, 0.15) is 30.3 Å². The van der Waals surface area contributed by atoms with Gasteiger partial charge in [0.15, 0.2) is 0 Å². The Bertz CT molecular complexity index is 687. The molecule has 24 heavy (non-hydrogen) atoms. The molecule has 1 saturated heterocycles. The minimum atomic E-state index is -0.0569. The zero-order valence-electron chi connectivity index (χ0n) is 14.3. The van der Waals surface area contributed by atoms with Crippen molar-refractivity contribution in [2.45, 2.75) is 39.5 Å². The number of pyridine rings is 1. The molecule has 1 aliphatic rings. The van der Waals surface area contributed by atoms with Gasteiger partial charge in [0, 0.05) is 18.8 Å². The number of carbonyl (C=O) groups excluding carboxylic acids is 1. The first-order chi connectivity index (χ1) is 11.6. The van der Waals surface area contributed by atoms with Crippen LogP contribution in [0, 0.1) is 12.8 Å². The monoisotopic (exact) mass is 324 g/mol. The highest BCUT2D eigenvalue weighted by Gasteiger charge is 2.34. The number of hydrogen-bond donors (Lipinski definition) is 0. The summed E-state index contributed by atoms with van der Waals surface area (Å²) in [6.07, 6.45) is 0.785. The molecular weight excluding hydrogens is 300 g/mol. The van der Waals surface area contributed by atoms with Crippen molar-refractivity contribution in [2.75, 3.05) is 6.61 Å². The van der Waals surface area contributed by atoms with Gasteiger partial charge in [-0.05, 0) is 38.0 Å². The molecule has 1 amide bonds. The fraction of sp³-hybridized carbons (Fsp3) is 0.400.